The molecule has 0 atom stereocenters. The third-order valence-corrected chi connectivity index (χ3v) is 14.8. The maximum absolute atomic E-state index is 2.49. The lowest BCUT2D eigenvalue weighted by molar-refractivity contribution is 0.661. The zero-order valence-corrected chi connectivity index (χ0v) is 34.2. The first-order valence-electron chi connectivity index (χ1n) is 21.0. The van der Waals surface area contributed by atoms with Gasteiger partial charge >= 0.3 is 0 Å². The van der Waals surface area contributed by atoms with Gasteiger partial charge in [-0.2, -0.15) is 0 Å². The van der Waals surface area contributed by atoms with Crippen molar-refractivity contribution in [3.8, 4) is 44.5 Å². The average molecular weight is 779 g/mol. The molecule has 0 saturated carbocycles. The molecule has 13 rings (SSSR count). The molecule has 0 N–H and O–H groups in total. The summed E-state index contributed by atoms with van der Waals surface area (Å²) >= 11 is 1.90. The number of thiophene rings is 1. The Hall–Kier alpha value is -7.06. The molecule has 0 amide bonds. The molecule has 0 radical (unpaired) electrons. The predicted molar refractivity (Wildman–Crippen MR) is 261 cm³/mol. The summed E-state index contributed by atoms with van der Waals surface area (Å²) in [7, 11) is 0. The highest BCUT2D eigenvalue weighted by Gasteiger charge is 2.37. The lowest BCUT2D eigenvalue weighted by Crippen LogP contribution is -2.15. The van der Waals surface area contributed by atoms with E-state index in [2.05, 4.69) is 208 Å². The minimum Gasteiger partial charge on any atom is -0.135 e. The summed E-state index contributed by atoms with van der Waals surface area (Å²) in [5, 5.41) is 15.5. The van der Waals surface area contributed by atoms with Crippen LogP contribution >= 0.6 is 11.3 Å². The maximum Gasteiger partial charge on any atom is 0.0362 e. The van der Waals surface area contributed by atoms with E-state index in [0.29, 0.717) is 0 Å². The molecule has 1 aliphatic carbocycles. The van der Waals surface area contributed by atoms with E-state index >= 15 is 0 Å². The van der Waals surface area contributed by atoms with Gasteiger partial charge in [0.1, 0.15) is 0 Å². The summed E-state index contributed by atoms with van der Waals surface area (Å²) < 4.78 is 2.71. The van der Waals surface area contributed by atoms with Crippen LogP contribution in [0.5, 0.6) is 0 Å². The fourth-order valence-corrected chi connectivity index (χ4v) is 12.0. The van der Waals surface area contributed by atoms with E-state index in [1.165, 1.54) is 130 Å². The Bertz CT molecular complexity index is 3740. The molecule has 1 heteroatoms. The van der Waals surface area contributed by atoms with Crippen molar-refractivity contribution < 1.29 is 0 Å². The fourth-order valence-electron chi connectivity index (χ4n) is 10.9. The number of hydrogen-bond acceptors (Lipinski definition) is 1. The van der Waals surface area contributed by atoms with E-state index in [4.69, 9.17) is 0 Å². The van der Waals surface area contributed by atoms with E-state index < -0.39 is 0 Å². The standard InChI is InChI=1S/C59H38S/c1-59(2)52-31-27-36-32-51-42-19-11-12-25-54(42)60-55(51)34-50(36)58(52)49-28-26-37(33-53(49)59)39-29-30-48(41-18-6-5-17-40(39)41)57-46-22-9-7-20-44(46)56(45-21-8-10-23-47(45)57)43-24-13-15-35-14-3-4-16-38(35)43/h3-34H,1-2H3. The van der Waals surface area contributed by atoms with Crippen LogP contribution in [0.1, 0.15) is 25.0 Å². The molecule has 60 heavy (non-hydrogen) atoms. The summed E-state index contributed by atoms with van der Waals surface area (Å²) in [4.78, 5) is 0. The molecule has 0 spiro atoms. The molecule has 0 aliphatic heterocycles. The van der Waals surface area contributed by atoms with Gasteiger partial charge in [0.15, 0.2) is 0 Å². The monoisotopic (exact) mass is 778 g/mol. The lowest BCUT2D eigenvalue weighted by atomic mass is 9.80. The van der Waals surface area contributed by atoms with Crippen molar-refractivity contribution in [3.05, 3.63) is 205 Å². The van der Waals surface area contributed by atoms with Crippen LogP contribution in [0.15, 0.2) is 194 Å². The summed E-state index contributed by atoms with van der Waals surface area (Å²) in [5.41, 5.74) is 13.1. The molecule has 1 aromatic heterocycles. The van der Waals surface area contributed by atoms with Crippen molar-refractivity contribution in [2.24, 2.45) is 0 Å². The smallest absolute Gasteiger partial charge is 0.0362 e. The Labute approximate surface area is 352 Å². The molecule has 1 heterocycles. The Morgan fingerprint density at radius 3 is 1.57 bits per heavy atom. The van der Waals surface area contributed by atoms with Gasteiger partial charge in [-0.3, -0.25) is 0 Å². The number of hydrogen-bond donors (Lipinski definition) is 0. The second-order valence-corrected chi connectivity index (χ2v) is 18.2. The van der Waals surface area contributed by atoms with Crippen molar-refractivity contribution >= 4 is 85.4 Å². The molecule has 0 fully saturated rings. The van der Waals surface area contributed by atoms with Gasteiger partial charge in [-0.05, 0) is 134 Å². The summed E-state index contributed by atoms with van der Waals surface area (Å²) in [6.45, 7) is 4.81. The van der Waals surface area contributed by atoms with Crippen molar-refractivity contribution in [1.29, 1.82) is 0 Å². The molecule has 0 unspecified atom stereocenters. The van der Waals surface area contributed by atoms with Crippen molar-refractivity contribution in [2.45, 2.75) is 19.3 Å². The van der Waals surface area contributed by atoms with E-state index in [1.54, 1.807) is 0 Å². The van der Waals surface area contributed by atoms with E-state index in [9.17, 15) is 0 Å². The third-order valence-electron chi connectivity index (χ3n) is 13.6. The van der Waals surface area contributed by atoms with Gasteiger partial charge in [-0.15, -0.1) is 11.3 Å². The summed E-state index contributed by atoms with van der Waals surface area (Å²) in [6.07, 6.45) is 0. The van der Waals surface area contributed by atoms with Crippen molar-refractivity contribution in [2.75, 3.05) is 0 Å². The topological polar surface area (TPSA) is 0 Å². The van der Waals surface area contributed by atoms with Crippen LogP contribution in [-0.4, -0.2) is 0 Å². The zero-order valence-electron chi connectivity index (χ0n) is 33.4. The van der Waals surface area contributed by atoms with Gasteiger partial charge in [0, 0.05) is 25.6 Å². The van der Waals surface area contributed by atoms with Gasteiger partial charge in [-0.25, -0.2) is 0 Å². The summed E-state index contributed by atoms with van der Waals surface area (Å²) in [5.74, 6) is 0. The first-order valence-corrected chi connectivity index (χ1v) is 21.8. The number of rotatable bonds is 3. The van der Waals surface area contributed by atoms with E-state index in [-0.39, 0.29) is 5.41 Å². The molecule has 0 nitrogen and oxygen atoms in total. The largest absolute Gasteiger partial charge is 0.135 e. The van der Waals surface area contributed by atoms with Gasteiger partial charge in [0.05, 0.1) is 0 Å². The Morgan fingerprint density at radius 1 is 0.300 bits per heavy atom. The molecule has 11 aromatic carbocycles. The first-order chi connectivity index (χ1) is 29.5. The minimum atomic E-state index is -0.136. The Balaban J connectivity index is 1.01. The number of benzene rings is 11. The highest BCUT2D eigenvalue weighted by atomic mass is 32.1. The highest BCUT2D eigenvalue weighted by Crippen LogP contribution is 2.54. The predicted octanol–water partition coefficient (Wildman–Crippen LogP) is 17.1. The lowest BCUT2D eigenvalue weighted by Gasteiger charge is -2.23. The van der Waals surface area contributed by atoms with Gasteiger partial charge in [-0.1, -0.05) is 184 Å². The van der Waals surface area contributed by atoms with Gasteiger partial charge in [0.25, 0.3) is 0 Å². The molecular formula is C59H38S. The van der Waals surface area contributed by atoms with E-state index in [0.717, 1.165) is 0 Å². The second-order valence-electron chi connectivity index (χ2n) is 17.1. The maximum atomic E-state index is 2.49. The van der Waals surface area contributed by atoms with Crippen LogP contribution in [0.2, 0.25) is 0 Å². The molecule has 0 bridgehead atoms. The highest BCUT2D eigenvalue weighted by molar-refractivity contribution is 7.25. The Morgan fingerprint density at radius 2 is 0.850 bits per heavy atom. The SMILES string of the molecule is CC1(C)c2cc(-c3ccc(-c4c5ccccc5c(-c5cccc6ccccc56)c5ccccc45)c4ccccc34)ccc2-c2c1ccc1cc3c(cc21)sc1ccccc13. The first kappa shape index (κ1) is 33.9. The third kappa shape index (κ3) is 4.67. The Kier molecular flexibility index (Phi) is 7.04. The quantitative estimate of drug-likeness (QED) is 0.157. The number of fused-ring (bicyclic) bond motifs is 12. The minimum absolute atomic E-state index is 0.136. The van der Waals surface area contributed by atoms with Gasteiger partial charge in [0.2, 0.25) is 0 Å². The molecule has 280 valence electrons. The molecule has 0 saturated heterocycles. The van der Waals surface area contributed by atoms with E-state index in [1.807, 2.05) is 11.3 Å². The van der Waals surface area contributed by atoms with Crippen LogP contribution in [0.25, 0.3) is 119 Å². The summed E-state index contributed by atoms with van der Waals surface area (Å²) in [6, 6.07) is 73.1. The molecule has 12 aromatic rings. The second kappa shape index (κ2) is 12.5. The molecular weight excluding hydrogens is 741 g/mol. The zero-order chi connectivity index (χ0) is 39.7. The van der Waals surface area contributed by atoms with Crippen LogP contribution in [0, 0.1) is 0 Å². The van der Waals surface area contributed by atoms with Crippen LogP contribution in [0.3, 0.4) is 0 Å². The van der Waals surface area contributed by atoms with Crippen molar-refractivity contribution in [1.82, 2.24) is 0 Å². The normalized spacial score (nSPS) is 13.3. The molecule has 1 aliphatic rings. The fraction of sp³-hybridized carbons (Fsp3) is 0.0508. The van der Waals surface area contributed by atoms with Crippen LogP contribution in [-0.2, 0) is 5.41 Å². The van der Waals surface area contributed by atoms with Crippen LogP contribution < -0.4 is 0 Å². The average Bonchev–Trinajstić information content (AvgIpc) is 3.77. The van der Waals surface area contributed by atoms with Gasteiger partial charge < -0.3 is 0 Å². The van der Waals surface area contributed by atoms with Crippen molar-refractivity contribution in [3.63, 3.8) is 0 Å². The van der Waals surface area contributed by atoms with Crippen LogP contribution in [0.4, 0.5) is 0 Å².